The van der Waals surface area contributed by atoms with Crippen molar-refractivity contribution in [3.05, 3.63) is 62.3 Å². The monoisotopic (exact) mass is 351 g/mol. The number of aromatic amines is 1. The molecule has 1 aromatic carbocycles. The van der Waals surface area contributed by atoms with E-state index in [1.165, 1.54) is 48.8 Å². The summed E-state index contributed by atoms with van der Waals surface area (Å²) in [6, 6.07) is 6.46. The number of rotatable bonds is 3. The van der Waals surface area contributed by atoms with Crippen LogP contribution < -0.4 is 5.56 Å². The molecule has 1 aliphatic heterocycles. The molecule has 4 nitrogen and oxygen atoms in total. The van der Waals surface area contributed by atoms with Gasteiger partial charge >= 0.3 is 0 Å². The third-order valence-electron chi connectivity index (χ3n) is 6.18. The fourth-order valence-electron chi connectivity index (χ4n) is 4.53. The number of nitrogens with one attached hydrogen (secondary N) is 1. The molecule has 4 rings (SSSR count). The second kappa shape index (κ2) is 7.36. The molecule has 0 atom stereocenters. The normalized spacial score (nSPS) is 18.7. The summed E-state index contributed by atoms with van der Waals surface area (Å²) in [6.45, 7) is 6.93. The largest absolute Gasteiger partial charge is 0.310 e. The van der Waals surface area contributed by atoms with Crippen LogP contribution in [0, 0.1) is 13.8 Å². The van der Waals surface area contributed by atoms with Crippen molar-refractivity contribution < 1.29 is 0 Å². The minimum atomic E-state index is 0.0850. The Balaban J connectivity index is 1.54. The maximum Gasteiger partial charge on any atom is 0.255 e. The Hall–Kier alpha value is -1.94. The lowest BCUT2D eigenvalue weighted by atomic mass is 9.88. The summed E-state index contributed by atoms with van der Waals surface area (Å²) in [7, 11) is 0. The second-order valence-electron chi connectivity index (χ2n) is 8.04. The first-order chi connectivity index (χ1) is 12.6. The minimum absolute atomic E-state index is 0.0850. The first kappa shape index (κ1) is 17.5. The Kier molecular flexibility index (Phi) is 4.94. The number of aromatic nitrogens is 2. The van der Waals surface area contributed by atoms with Gasteiger partial charge in [0, 0.05) is 32.0 Å². The van der Waals surface area contributed by atoms with Gasteiger partial charge in [-0.15, -0.1) is 0 Å². The molecule has 4 heteroatoms. The third kappa shape index (κ3) is 3.48. The van der Waals surface area contributed by atoms with Crippen molar-refractivity contribution >= 4 is 0 Å². The van der Waals surface area contributed by atoms with Crippen molar-refractivity contribution in [3.63, 3.8) is 0 Å². The summed E-state index contributed by atoms with van der Waals surface area (Å²) in [5, 5.41) is 0. The smallest absolute Gasteiger partial charge is 0.255 e. The zero-order chi connectivity index (χ0) is 18.1. The maximum absolute atomic E-state index is 12.7. The molecular formula is C22H29N3O. The number of hydrogen-bond acceptors (Lipinski definition) is 3. The number of benzene rings is 1. The van der Waals surface area contributed by atoms with Gasteiger partial charge in [0.15, 0.2) is 0 Å². The van der Waals surface area contributed by atoms with Gasteiger partial charge in [-0.25, -0.2) is 4.98 Å². The van der Waals surface area contributed by atoms with Crippen LogP contribution in [-0.4, -0.2) is 21.4 Å². The summed E-state index contributed by atoms with van der Waals surface area (Å²) in [5.74, 6) is 1.39. The highest BCUT2D eigenvalue weighted by molar-refractivity contribution is 5.33. The molecule has 0 spiro atoms. The van der Waals surface area contributed by atoms with Gasteiger partial charge in [-0.05, 0) is 43.4 Å². The Morgan fingerprint density at radius 1 is 1.15 bits per heavy atom. The quantitative estimate of drug-likeness (QED) is 0.909. The molecule has 2 aliphatic rings. The van der Waals surface area contributed by atoms with Crippen LogP contribution in [0.4, 0.5) is 0 Å². The molecule has 0 radical (unpaired) electrons. The highest BCUT2D eigenvalue weighted by Gasteiger charge is 2.24. The minimum Gasteiger partial charge on any atom is -0.310 e. The predicted molar refractivity (Wildman–Crippen MR) is 104 cm³/mol. The third-order valence-corrected chi connectivity index (χ3v) is 6.18. The van der Waals surface area contributed by atoms with Crippen LogP contribution in [0.3, 0.4) is 0 Å². The summed E-state index contributed by atoms with van der Waals surface area (Å²) in [6.07, 6.45) is 7.05. The van der Waals surface area contributed by atoms with Crippen molar-refractivity contribution in [2.75, 3.05) is 6.54 Å². The lowest BCUT2D eigenvalue weighted by molar-refractivity contribution is 0.240. The van der Waals surface area contributed by atoms with Crippen molar-refractivity contribution in [1.82, 2.24) is 14.9 Å². The highest BCUT2D eigenvalue weighted by Crippen LogP contribution is 2.31. The fraction of sp³-hybridized carbons (Fsp3) is 0.545. The summed E-state index contributed by atoms with van der Waals surface area (Å²) >= 11 is 0. The van der Waals surface area contributed by atoms with Crippen molar-refractivity contribution in [1.29, 1.82) is 0 Å². The molecule has 1 saturated carbocycles. The Morgan fingerprint density at radius 2 is 1.88 bits per heavy atom. The van der Waals surface area contributed by atoms with Gasteiger partial charge in [0.2, 0.25) is 0 Å². The zero-order valence-electron chi connectivity index (χ0n) is 16.0. The van der Waals surface area contributed by atoms with Crippen LogP contribution in [0.1, 0.15) is 71.8 Å². The molecule has 1 fully saturated rings. The Bertz CT molecular complexity index is 829. The molecule has 0 saturated heterocycles. The van der Waals surface area contributed by atoms with Gasteiger partial charge in [0.1, 0.15) is 5.82 Å². The molecule has 1 aliphatic carbocycles. The van der Waals surface area contributed by atoms with Crippen LogP contribution in [0.5, 0.6) is 0 Å². The van der Waals surface area contributed by atoms with E-state index in [1.807, 2.05) is 0 Å². The molecule has 138 valence electrons. The molecule has 2 heterocycles. The topological polar surface area (TPSA) is 49.0 Å². The molecular weight excluding hydrogens is 322 g/mol. The van der Waals surface area contributed by atoms with E-state index in [-0.39, 0.29) is 5.56 Å². The zero-order valence-corrected chi connectivity index (χ0v) is 16.0. The lowest BCUT2D eigenvalue weighted by Gasteiger charge is -2.29. The first-order valence-corrected chi connectivity index (χ1v) is 10.0. The van der Waals surface area contributed by atoms with E-state index >= 15 is 0 Å². The first-order valence-electron chi connectivity index (χ1n) is 10.0. The highest BCUT2D eigenvalue weighted by atomic mass is 16.1. The lowest BCUT2D eigenvalue weighted by Crippen LogP contribution is -2.36. The summed E-state index contributed by atoms with van der Waals surface area (Å²) in [4.78, 5) is 23.1. The van der Waals surface area contributed by atoms with E-state index in [1.54, 1.807) is 0 Å². The Labute approximate surface area is 155 Å². The van der Waals surface area contributed by atoms with E-state index in [9.17, 15) is 4.79 Å². The van der Waals surface area contributed by atoms with E-state index in [4.69, 9.17) is 4.98 Å². The fourth-order valence-corrected chi connectivity index (χ4v) is 4.53. The average Bonchev–Trinajstić information content (AvgIpc) is 2.66. The average molecular weight is 351 g/mol. The molecule has 0 bridgehead atoms. The van der Waals surface area contributed by atoms with Gasteiger partial charge in [-0.3, -0.25) is 9.69 Å². The van der Waals surface area contributed by atoms with Crippen LogP contribution in [-0.2, 0) is 19.5 Å². The van der Waals surface area contributed by atoms with E-state index in [0.717, 1.165) is 36.6 Å². The van der Waals surface area contributed by atoms with Crippen molar-refractivity contribution in [2.45, 2.75) is 71.4 Å². The number of aryl methyl sites for hydroxylation is 2. The van der Waals surface area contributed by atoms with Gasteiger partial charge in [0.25, 0.3) is 5.56 Å². The number of nitrogens with zero attached hydrogens (tertiary/aromatic N) is 2. The Morgan fingerprint density at radius 3 is 2.62 bits per heavy atom. The molecule has 0 unspecified atom stereocenters. The molecule has 1 aromatic heterocycles. The van der Waals surface area contributed by atoms with E-state index < -0.39 is 0 Å². The van der Waals surface area contributed by atoms with Crippen molar-refractivity contribution in [3.8, 4) is 0 Å². The SMILES string of the molecule is Cc1cccc(C)c1CN1CCc2nc(C3CCCCC3)[nH]c(=O)c2C1. The molecule has 1 N–H and O–H groups in total. The van der Waals surface area contributed by atoms with Gasteiger partial charge in [0.05, 0.1) is 11.3 Å². The van der Waals surface area contributed by atoms with Crippen LogP contribution in [0.2, 0.25) is 0 Å². The van der Waals surface area contributed by atoms with E-state index in [2.05, 4.69) is 41.9 Å². The number of H-pyrrole nitrogens is 1. The van der Waals surface area contributed by atoms with Crippen LogP contribution in [0.25, 0.3) is 0 Å². The summed E-state index contributed by atoms with van der Waals surface area (Å²) in [5.41, 5.74) is 6.04. The van der Waals surface area contributed by atoms with Crippen molar-refractivity contribution in [2.24, 2.45) is 0 Å². The molecule has 0 amide bonds. The van der Waals surface area contributed by atoms with Gasteiger partial charge < -0.3 is 4.98 Å². The number of fused-ring (bicyclic) bond motifs is 1. The van der Waals surface area contributed by atoms with E-state index in [0.29, 0.717) is 12.5 Å². The standard InChI is InChI=1S/C22H29N3O/c1-15-7-6-8-16(2)18(15)13-25-12-11-20-19(14-25)22(26)24-21(23-20)17-9-4-3-5-10-17/h6-8,17H,3-5,9-14H2,1-2H3,(H,23,24,26). The second-order valence-corrected chi connectivity index (χ2v) is 8.04. The van der Waals surface area contributed by atoms with Gasteiger partial charge in [-0.1, -0.05) is 37.5 Å². The molecule has 26 heavy (non-hydrogen) atoms. The maximum atomic E-state index is 12.7. The van der Waals surface area contributed by atoms with Crippen LogP contribution >= 0.6 is 0 Å². The summed E-state index contributed by atoms with van der Waals surface area (Å²) < 4.78 is 0. The number of hydrogen-bond donors (Lipinski definition) is 1. The van der Waals surface area contributed by atoms with Gasteiger partial charge in [-0.2, -0.15) is 0 Å². The predicted octanol–water partition coefficient (Wildman–Crippen LogP) is 3.99. The van der Waals surface area contributed by atoms with Crippen LogP contribution in [0.15, 0.2) is 23.0 Å². The molecule has 2 aromatic rings.